The first-order valence-electron chi connectivity index (χ1n) is 8.83. The number of carbonyl (C=O) groups is 3. The summed E-state index contributed by atoms with van der Waals surface area (Å²) in [6, 6.07) is 11.7. The van der Waals surface area contributed by atoms with E-state index in [-0.39, 0.29) is 24.7 Å². The number of amides is 1. The molecule has 1 aliphatic heterocycles. The van der Waals surface area contributed by atoms with Gasteiger partial charge in [0.15, 0.2) is 6.10 Å². The van der Waals surface area contributed by atoms with E-state index in [2.05, 4.69) is 0 Å². The van der Waals surface area contributed by atoms with Crippen LogP contribution in [0.25, 0.3) is 0 Å². The standard InChI is InChI=1S/C21H19Cl2NO4/c1-12-17(23)4-3-5-18(12)24-11-15(10-19(24)25)21(27)28-13(2)20(26)14-6-8-16(22)9-7-14/h3-9,13,15H,10-11H2,1-2H3/t13-,15+/m0/s1. The van der Waals surface area contributed by atoms with Gasteiger partial charge >= 0.3 is 5.97 Å². The summed E-state index contributed by atoms with van der Waals surface area (Å²) in [7, 11) is 0. The van der Waals surface area contributed by atoms with E-state index in [0.29, 0.717) is 21.3 Å². The van der Waals surface area contributed by atoms with E-state index in [9.17, 15) is 14.4 Å². The Balaban J connectivity index is 1.66. The minimum Gasteiger partial charge on any atom is -0.454 e. The number of benzene rings is 2. The molecule has 1 amide bonds. The minimum absolute atomic E-state index is 0.0344. The highest BCUT2D eigenvalue weighted by molar-refractivity contribution is 6.32. The average molecular weight is 420 g/mol. The molecule has 2 aromatic rings. The van der Waals surface area contributed by atoms with Crippen molar-refractivity contribution in [1.29, 1.82) is 0 Å². The number of rotatable bonds is 5. The molecule has 0 spiro atoms. The number of Topliss-reactive ketones (excluding diaryl/α,β-unsaturated/α-hetero) is 1. The summed E-state index contributed by atoms with van der Waals surface area (Å²) in [6.07, 6.45) is -0.919. The second-order valence-corrected chi connectivity index (χ2v) is 7.58. The van der Waals surface area contributed by atoms with Gasteiger partial charge in [-0.25, -0.2) is 0 Å². The molecule has 146 valence electrons. The molecule has 0 aromatic heterocycles. The van der Waals surface area contributed by atoms with Crippen LogP contribution in [-0.4, -0.2) is 30.3 Å². The van der Waals surface area contributed by atoms with Crippen LogP contribution in [0.1, 0.15) is 29.3 Å². The highest BCUT2D eigenvalue weighted by atomic mass is 35.5. The second kappa shape index (κ2) is 8.33. The van der Waals surface area contributed by atoms with Gasteiger partial charge in [0.05, 0.1) is 5.92 Å². The van der Waals surface area contributed by atoms with Crippen LogP contribution in [0.3, 0.4) is 0 Å². The Bertz CT molecular complexity index is 927. The molecule has 1 aliphatic rings. The maximum atomic E-state index is 12.5. The van der Waals surface area contributed by atoms with Gasteiger partial charge in [0.1, 0.15) is 0 Å². The van der Waals surface area contributed by atoms with Gasteiger partial charge in [0.25, 0.3) is 0 Å². The average Bonchev–Trinajstić information content (AvgIpc) is 3.05. The van der Waals surface area contributed by atoms with E-state index in [1.165, 1.54) is 6.92 Å². The first kappa shape index (κ1) is 20.4. The van der Waals surface area contributed by atoms with Crippen molar-refractivity contribution in [3.05, 3.63) is 63.6 Å². The highest BCUT2D eigenvalue weighted by Crippen LogP contribution is 2.32. The van der Waals surface area contributed by atoms with Crippen LogP contribution >= 0.6 is 23.2 Å². The Kier molecular flexibility index (Phi) is 6.06. The Labute approximate surface area is 173 Å². The maximum absolute atomic E-state index is 12.5. The van der Waals surface area contributed by atoms with Gasteiger partial charge in [-0.2, -0.15) is 0 Å². The first-order valence-corrected chi connectivity index (χ1v) is 9.59. The lowest BCUT2D eigenvalue weighted by atomic mass is 10.1. The molecule has 3 rings (SSSR count). The number of anilines is 1. The van der Waals surface area contributed by atoms with Crippen LogP contribution < -0.4 is 4.90 Å². The van der Waals surface area contributed by atoms with E-state index in [1.807, 2.05) is 6.92 Å². The third-order valence-corrected chi connectivity index (χ3v) is 5.44. The van der Waals surface area contributed by atoms with E-state index in [4.69, 9.17) is 27.9 Å². The van der Waals surface area contributed by atoms with Crippen LogP contribution in [0.4, 0.5) is 5.69 Å². The fraction of sp³-hybridized carbons (Fsp3) is 0.286. The van der Waals surface area contributed by atoms with Crippen LogP contribution in [0, 0.1) is 12.8 Å². The molecule has 0 bridgehead atoms. The third-order valence-electron chi connectivity index (χ3n) is 4.78. The molecule has 1 saturated heterocycles. The quantitative estimate of drug-likeness (QED) is 0.529. The number of halogens is 2. The first-order chi connectivity index (χ1) is 13.3. The number of carbonyl (C=O) groups excluding carboxylic acids is 3. The van der Waals surface area contributed by atoms with Crippen LogP contribution in [-0.2, 0) is 14.3 Å². The fourth-order valence-corrected chi connectivity index (χ4v) is 3.46. The van der Waals surface area contributed by atoms with Crippen molar-refractivity contribution < 1.29 is 19.1 Å². The SMILES string of the molecule is Cc1c(Cl)cccc1N1C[C@H](C(=O)O[C@@H](C)C(=O)c2ccc(Cl)cc2)CC1=O. The van der Waals surface area contributed by atoms with Gasteiger partial charge in [-0.05, 0) is 55.8 Å². The lowest BCUT2D eigenvalue weighted by Crippen LogP contribution is -2.30. The smallest absolute Gasteiger partial charge is 0.312 e. The van der Waals surface area contributed by atoms with Crippen molar-refractivity contribution >= 4 is 46.5 Å². The number of nitrogens with zero attached hydrogens (tertiary/aromatic N) is 1. The summed E-state index contributed by atoms with van der Waals surface area (Å²) >= 11 is 12.0. The Morgan fingerprint density at radius 3 is 2.50 bits per heavy atom. The third kappa shape index (κ3) is 4.21. The molecule has 0 unspecified atom stereocenters. The van der Waals surface area contributed by atoms with E-state index < -0.39 is 18.0 Å². The molecule has 5 nitrogen and oxygen atoms in total. The van der Waals surface area contributed by atoms with Gasteiger partial charge in [-0.15, -0.1) is 0 Å². The van der Waals surface area contributed by atoms with Crippen molar-refractivity contribution in [1.82, 2.24) is 0 Å². The molecule has 0 aliphatic carbocycles. The van der Waals surface area contributed by atoms with E-state index >= 15 is 0 Å². The van der Waals surface area contributed by atoms with Crippen LogP contribution in [0.5, 0.6) is 0 Å². The summed E-state index contributed by atoms with van der Waals surface area (Å²) in [6.45, 7) is 3.54. The molecule has 0 N–H and O–H groups in total. The topological polar surface area (TPSA) is 63.7 Å². The van der Waals surface area contributed by atoms with Gasteiger partial charge in [-0.3, -0.25) is 14.4 Å². The number of hydrogen-bond acceptors (Lipinski definition) is 4. The molecule has 1 heterocycles. The number of esters is 1. The molecule has 28 heavy (non-hydrogen) atoms. The zero-order valence-electron chi connectivity index (χ0n) is 15.4. The Morgan fingerprint density at radius 1 is 1.14 bits per heavy atom. The van der Waals surface area contributed by atoms with Crippen molar-refractivity contribution in [3.63, 3.8) is 0 Å². The molecule has 2 aromatic carbocycles. The predicted molar refractivity (Wildman–Crippen MR) is 108 cm³/mol. The summed E-state index contributed by atoms with van der Waals surface area (Å²) in [5.41, 5.74) is 1.86. The maximum Gasteiger partial charge on any atom is 0.312 e. The molecular weight excluding hydrogens is 401 g/mol. The molecular formula is C21H19Cl2NO4. The van der Waals surface area contributed by atoms with Crippen LogP contribution in [0.2, 0.25) is 10.0 Å². The highest BCUT2D eigenvalue weighted by Gasteiger charge is 2.38. The van der Waals surface area contributed by atoms with E-state index in [1.54, 1.807) is 47.4 Å². The van der Waals surface area contributed by atoms with Crippen molar-refractivity contribution in [2.45, 2.75) is 26.4 Å². The van der Waals surface area contributed by atoms with Crippen LogP contribution in [0.15, 0.2) is 42.5 Å². The van der Waals surface area contributed by atoms with Gasteiger partial charge in [-0.1, -0.05) is 29.3 Å². The van der Waals surface area contributed by atoms with Crippen molar-refractivity contribution in [2.75, 3.05) is 11.4 Å². The van der Waals surface area contributed by atoms with Gasteiger partial charge < -0.3 is 9.64 Å². The Hall–Kier alpha value is -2.37. The molecule has 0 saturated carbocycles. The summed E-state index contributed by atoms with van der Waals surface area (Å²) in [4.78, 5) is 38.9. The zero-order chi connectivity index (χ0) is 20.4. The minimum atomic E-state index is -0.953. The lowest BCUT2D eigenvalue weighted by Gasteiger charge is -2.20. The normalized spacial score (nSPS) is 17.5. The van der Waals surface area contributed by atoms with E-state index in [0.717, 1.165) is 5.56 Å². The number of ketones is 1. The molecule has 0 radical (unpaired) electrons. The monoisotopic (exact) mass is 419 g/mol. The zero-order valence-corrected chi connectivity index (χ0v) is 17.0. The molecule has 1 fully saturated rings. The van der Waals surface area contributed by atoms with Gasteiger partial charge in [0.2, 0.25) is 11.7 Å². The number of ether oxygens (including phenoxy) is 1. The molecule has 2 atom stereocenters. The largest absolute Gasteiger partial charge is 0.454 e. The Morgan fingerprint density at radius 2 is 1.82 bits per heavy atom. The van der Waals surface area contributed by atoms with Gasteiger partial charge in [0, 0.05) is 34.3 Å². The summed E-state index contributed by atoms with van der Waals surface area (Å²) < 4.78 is 5.34. The summed E-state index contributed by atoms with van der Waals surface area (Å²) in [5, 5.41) is 1.07. The summed E-state index contributed by atoms with van der Waals surface area (Å²) in [5.74, 6) is -1.70. The predicted octanol–water partition coefficient (Wildman–Crippen LogP) is 4.47. The number of hydrogen-bond donors (Lipinski definition) is 0. The van der Waals surface area contributed by atoms with Crippen molar-refractivity contribution in [2.24, 2.45) is 5.92 Å². The fourth-order valence-electron chi connectivity index (χ4n) is 3.16. The lowest BCUT2D eigenvalue weighted by molar-refractivity contribution is -0.151. The second-order valence-electron chi connectivity index (χ2n) is 6.74. The van der Waals surface area contributed by atoms with Crippen molar-refractivity contribution in [3.8, 4) is 0 Å². The molecule has 7 heteroatoms.